The lowest BCUT2D eigenvalue weighted by Crippen LogP contribution is -2.44. The number of carbonyl (C=O) groups is 1. The first kappa shape index (κ1) is 17.9. The second-order valence-electron chi connectivity index (χ2n) is 7.30. The van der Waals surface area contributed by atoms with Crippen molar-refractivity contribution < 1.29 is 13.6 Å². The minimum atomic E-state index is -0.647. The fourth-order valence-electron chi connectivity index (χ4n) is 3.77. The predicted octanol–water partition coefficient (Wildman–Crippen LogP) is 3.93. The summed E-state index contributed by atoms with van der Waals surface area (Å²) >= 11 is 0. The van der Waals surface area contributed by atoms with Gasteiger partial charge in [-0.2, -0.15) is 0 Å². The summed E-state index contributed by atoms with van der Waals surface area (Å²) in [7, 11) is 2.13. The van der Waals surface area contributed by atoms with Gasteiger partial charge in [0.2, 0.25) is 0 Å². The van der Waals surface area contributed by atoms with Crippen molar-refractivity contribution in [2.24, 2.45) is 0 Å². The Morgan fingerprint density at radius 3 is 2.48 bits per heavy atom. The zero-order valence-electron chi connectivity index (χ0n) is 15.3. The Balaban J connectivity index is 1.58. The smallest absolute Gasteiger partial charge is 0.189 e. The van der Waals surface area contributed by atoms with E-state index in [1.54, 1.807) is 6.08 Å². The molecule has 5 heteroatoms. The number of ketones is 1. The molecule has 0 bridgehead atoms. The molecule has 0 unspecified atom stereocenters. The lowest BCUT2D eigenvalue weighted by atomic mass is 9.85. The van der Waals surface area contributed by atoms with Crippen LogP contribution in [-0.2, 0) is 6.42 Å². The molecule has 0 radical (unpaired) electrons. The molecule has 140 valence electrons. The number of carbonyl (C=O) groups excluding carboxylic acids is 1. The number of rotatable bonds is 2. The van der Waals surface area contributed by atoms with Crippen molar-refractivity contribution in [3.63, 3.8) is 0 Å². The van der Waals surface area contributed by atoms with Gasteiger partial charge in [-0.25, -0.2) is 8.78 Å². The highest BCUT2D eigenvalue weighted by Crippen LogP contribution is 2.30. The summed E-state index contributed by atoms with van der Waals surface area (Å²) in [6.45, 7) is 4.04. The minimum absolute atomic E-state index is 0.0649. The Morgan fingerprint density at radius 2 is 1.74 bits per heavy atom. The fourth-order valence-corrected chi connectivity index (χ4v) is 3.77. The number of halogens is 2. The van der Waals surface area contributed by atoms with Crippen LogP contribution in [0.15, 0.2) is 42.0 Å². The minimum Gasteiger partial charge on any atom is -0.369 e. The Kier molecular flexibility index (Phi) is 4.79. The van der Waals surface area contributed by atoms with Crippen LogP contribution in [0.2, 0.25) is 0 Å². The average molecular weight is 368 g/mol. The van der Waals surface area contributed by atoms with E-state index in [-0.39, 0.29) is 11.3 Å². The average Bonchev–Trinajstić information content (AvgIpc) is 2.66. The molecule has 1 fully saturated rings. The van der Waals surface area contributed by atoms with Crippen molar-refractivity contribution in [2.45, 2.75) is 12.8 Å². The third-order valence-corrected chi connectivity index (χ3v) is 5.45. The highest BCUT2D eigenvalue weighted by Gasteiger charge is 2.24. The molecule has 27 heavy (non-hydrogen) atoms. The predicted molar refractivity (Wildman–Crippen MR) is 103 cm³/mol. The third kappa shape index (κ3) is 3.65. The van der Waals surface area contributed by atoms with Crippen molar-refractivity contribution >= 4 is 17.5 Å². The third-order valence-electron chi connectivity index (χ3n) is 5.45. The van der Waals surface area contributed by atoms with Gasteiger partial charge in [0.1, 0.15) is 11.6 Å². The van der Waals surface area contributed by atoms with Crippen molar-refractivity contribution in [1.29, 1.82) is 0 Å². The van der Waals surface area contributed by atoms with Gasteiger partial charge in [0.15, 0.2) is 5.78 Å². The van der Waals surface area contributed by atoms with Crippen LogP contribution in [0.5, 0.6) is 0 Å². The summed E-state index contributed by atoms with van der Waals surface area (Å²) in [5.41, 5.74) is 3.71. The number of hydrogen-bond acceptors (Lipinski definition) is 3. The summed E-state index contributed by atoms with van der Waals surface area (Å²) in [5.74, 6) is -1.33. The summed E-state index contributed by atoms with van der Waals surface area (Å²) in [6, 6.07) is 9.43. The molecule has 2 aliphatic rings. The Labute approximate surface area is 157 Å². The topological polar surface area (TPSA) is 23.6 Å². The molecule has 4 rings (SSSR count). The summed E-state index contributed by atoms with van der Waals surface area (Å²) in [5, 5.41) is 0. The molecule has 2 aromatic carbocycles. The maximum absolute atomic E-state index is 13.9. The molecule has 1 heterocycles. The number of Topliss-reactive ketones (excluding diaryl/α,β-unsaturated/α-hetero) is 1. The number of anilines is 1. The quantitative estimate of drug-likeness (QED) is 0.751. The van der Waals surface area contributed by atoms with Crippen molar-refractivity contribution in [3.8, 4) is 0 Å². The molecule has 1 aliphatic carbocycles. The Morgan fingerprint density at radius 1 is 0.963 bits per heavy atom. The first-order chi connectivity index (χ1) is 13.0. The lowest BCUT2D eigenvalue weighted by molar-refractivity contribution is 0.102. The number of fused-ring (bicyclic) bond motifs is 1. The van der Waals surface area contributed by atoms with E-state index in [9.17, 15) is 13.6 Å². The van der Waals surface area contributed by atoms with Crippen LogP contribution in [0.3, 0.4) is 0 Å². The number of aryl methyl sites for hydroxylation is 1. The molecule has 3 nitrogen and oxygen atoms in total. The lowest BCUT2D eigenvalue weighted by Gasteiger charge is -2.34. The standard InChI is InChI=1S/C22H22F2N2O/c1-25-8-10-26(11-9-25)19-6-7-20-15(13-19)2-3-17(22(20)27)12-16-4-5-18(23)14-21(16)24/h4-7,12-14H,2-3,8-11H2,1H3/b17-12+. The second kappa shape index (κ2) is 7.24. The van der Waals surface area contributed by atoms with Gasteiger partial charge < -0.3 is 9.80 Å². The SMILES string of the molecule is CN1CCN(c2ccc3c(c2)CC/C(=C\c2ccc(F)cc2F)C3=O)CC1. The molecular weight excluding hydrogens is 346 g/mol. The van der Waals surface area contributed by atoms with E-state index >= 15 is 0 Å². The maximum Gasteiger partial charge on any atom is 0.189 e. The number of benzene rings is 2. The van der Waals surface area contributed by atoms with Gasteiger partial charge in [-0.15, -0.1) is 0 Å². The molecule has 2 aromatic rings. The molecule has 1 aliphatic heterocycles. The Hall–Kier alpha value is -2.53. The molecule has 0 N–H and O–H groups in total. The largest absolute Gasteiger partial charge is 0.369 e. The molecular formula is C22H22F2N2O. The van der Waals surface area contributed by atoms with E-state index in [2.05, 4.69) is 22.9 Å². The number of hydrogen-bond donors (Lipinski definition) is 0. The van der Waals surface area contributed by atoms with E-state index in [4.69, 9.17) is 0 Å². The first-order valence-electron chi connectivity index (χ1n) is 9.28. The van der Waals surface area contributed by atoms with Gasteiger partial charge in [0.25, 0.3) is 0 Å². The zero-order chi connectivity index (χ0) is 19.0. The maximum atomic E-state index is 13.9. The fraction of sp³-hybridized carbons (Fsp3) is 0.318. The Bertz CT molecular complexity index is 915. The van der Waals surface area contributed by atoms with E-state index in [0.717, 1.165) is 49.9 Å². The monoisotopic (exact) mass is 368 g/mol. The van der Waals surface area contributed by atoms with E-state index in [1.165, 1.54) is 12.1 Å². The van der Waals surface area contributed by atoms with Crippen LogP contribution in [0, 0.1) is 11.6 Å². The molecule has 0 aromatic heterocycles. The van der Waals surface area contributed by atoms with Gasteiger partial charge >= 0.3 is 0 Å². The van der Waals surface area contributed by atoms with Crippen LogP contribution in [0.4, 0.5) is 14.5 Å². The molecule has 0 amide bonds. The zero-order valence-corrected chi connectivity index (χ0v) is 15.3. The number of piperazine rings is 1. The number of allylic oxidation sites excluding steroid dienone is 1. The van der Waals surface area contributed by atoms with Crippen molar-refractivity contribution in [3.05, 3.63) is 70.3 Å². The summed E-state index contributed by atoms with van der Waals surface area (Å²) in [6.07, 6.45) is 2.86. The number of nitrogens with zero attached hydrogens (tertiary/aromatic N) is 2. The van der Waals surface area contributed by atoms with Crippen LogP contribution in [0.25, 0.3) is 6.08 Å². The summed E-state index contributed by atoms with van der Waals surface area (Å²) in [4.78, 5) is 17.5. The van der Waals surface area contributed by atoms with Crippen LogP contribution in [0.1, 0.15) is 27.9 Å². The highest BCUT2D eigenvalue weighted by atomic mass is 19.1. The van der Waals surface area contributed by atoms with Gasteiger partial charge in [-0.05, 0) is 61.9 Å². The van der Waals surface area contributed by atoms with Gasteiger partial charge in [-0.1, -0.05) is 0 Å². The molecule has 1 saturated heterocycles. The van der Waals surface area contributed by atoms with E-state index in [0.29, 0.717) is 17.6 Å². The molecule has 0 saturated carbocycles. The van der Waals surface area contributed by atoms with Crippen LogP contribution in [-0.4, -0.2) is 43.9 Å². The van der Waals surface area contributed by atoms with Gasteiger partial charge in [0.05, 0.1) is 0 Å². The number of likely N-dealkylation sites (N-methyl/N-ethyl adjacent to an activating group) is 1. The summed E-state index contributed by atoms with van der Waals surface area (Å²) < 4.78 is 27.0. The van der Waals surface area contributed by atoms with E-state index in [1.807, 2.05) is 12.1 Å². The second-order valence-corrected chi connectivity index (χ2v) is 7.30. The van der Waals surface area contributed by atoms with E-state index < -0.39 is 11.6 Å². The van der Waals surface area contributed by atoms with Gasteiger partial charge in [-0.3, -0.25) is 4.79 Å². The van der Waals surface area contributed by atoms with Crippen molar-refractivity contribution in [2.75, 3.05) is 38.1 Å². The molecule has 0 spiro atoms. The van der Waals surface area contributed by atoms with Gasteiger partial charge in [0, 0.05) is 54.6 Å². The first-order valence-corrected chi connectivity index (χ1v) is 9.28. The molecule has 0 atom stereocenters. The van der Waals surface area contributed by atoms with Crippen LogP contribution < -0.4 is 4.90 Å². The van der Waals surface area contributed by atoms with Crippen molar-refractivity contribution in [1.82, 2.24) is 4.90 Å². The highest BCUT2D eigenvalue weighted by molar-refractivity contribution is 6.13. The van der Waals surface area contributed by atoms with Crippen LogP contribution >= 0.6 is 0 Å². The normalized spacial score (nSPS) is 19.4.